The Labute approximate surface area is 153 Å². The van der Waals surface area contributed by atoms with Crippen molar-refractivity contribution >= 4 is 16.0 Å². The van der Waals surface area contributed by atoms with Crippen molar-refractivity contribution < 1.29 is 13.2 Å². The van der Waals surface area contributed by atoms with Crippen LogP contribution in [0, 0.1) is 5.92 Å². The van der Waals surface area contributed by atoms with Gasteiger partial charge >= 0.3 is 0 Å². The summed E-state index contributed by atoms with van der Waals surface area (Å²) in [4.78, 5) is 11.0. The van der Waals surface area contributed by atoms with Gasteiger partial charge in [0.25, 0.3) is 10.2 Å². The first-order valence-electron chi connectivity index (χ1n) is 8.44. The number of nitrogens with one attached hydrogen (secondary N) is 1. The van der Waals surface area contributed by atoms with Crippen molar-refractivity contribution in [3.8, 4) is 17.0 Å². The van der Waals surface area contributed by atoms with Crippen molar-refractivity contribution in [1.29, 1.82) is 0 Å². The van der Waals surface area contributed by atoms with E-state index in [1.807, 2.05) is 30.3 Å². The zero-order valence-electron chi connectivity index (χ0n) is 14.6. The van der Waals surface area contributed by atoms with Crippen LogP contribution in [0.3, 0.4) is 0 Å². The predicted octanol–water partition coefficient (Wildman–Crippen LogP) is 1.16. The maximum atomic E-state index is 11.0. The quantitative estimate of drug-likeness (QED) is 0.782. The van der Waals surface area contributed by atoms with Crippen molar-refractivity contribution in [2.24, 2.45) is 11.1 Å². The number of piperidine rings is 1. The highest BCUT2D eigenvalue weighted by atomic mass is 32.2. The van der Waals surface area contributed by atoms with Crippen LogP contribution in [0.4, 0.5) is 5.82 Å². The number of nitrogens with zero attached hydrogens (tertiary/aromatic N) is 3. The molecule has 0 amide bonds. The standard InChI is InChI=1S/C17H23N5O3S/c1-25-16-5-3-2-4-14(16)15-10-17(20-12-19-15)22-8-6-13(7-9-22)11-21-26(18,23)24/h2-5,10,12-13,21H,6-9,11H2,1H3,(H2,18,23,24). The molecule has 0 saturated carbocycles. The fourth-order valence-corrected chi connectivity index (χ4v) is 3.59. The number of benzene rings is 1. The van der Waals surface area contributed by atoms with Crippen LogP contribution in [-0.4, -0.2) is 45.1 Å². The Kier molecular flexibility index (Phi) is 5.70. The molecule has 0 spiro atoms. The summed E-state index contributed by atoms with van der Waals surface area (Å²) >= 11 is 0. The fraction of sp³-hybridized carbons (Fsp3) is 0.412. The number of ether oxygens (including phenoxy) is 1. The second-order valence-electron chi connectivity index (χ2n) is 6.29. The SMILES string of the molecule is COc1ccccc1-c1cc(N2CCC(CNS(N)(=O)=O)CC2)ncn1. The number of hydrogen-bond donors (Lipinski definition) is 2. The maximum absolute atomic E-state index is 11.0. The molecular formula is C17H23N5O3S. The van der Waals surface area contributed by atoms with E-state index in [1.54, 1.807) is 13.4 Å². The van der Waals surface area contributed by atoms with E-state index < -0.39 is 10.2 Å². The average molecular weight is 377 g/mol. The molecule has 0 aliphatic carbocycles. The zero-order valence-corrected chi connectivity index (χ0v) is 15.4. The van der Waals surface area contributed by atoms with Gasteiger partial charge in [-0.15, -0.1) is 0 Å². The summed E-state index contributed by atoms with van der Waals surface area (Å²) in [5, 5.41) is 4.99. The Balaban J connectivity index is 1.68. The van der Waals surface area contributed by atoms with E-state index in [2.05, 4.69) is 19.6 Å². The van der Waals surface area contributed by atoms with Crippen molar-refractivity contribution in [1.82, 2.24) is 14.7 Å². The second kappa shape index (κ2) is 7.98. The van der Waals surface area contributed by atoms with Gasteiger partial charge in [-0.05, 0) is 30.9 Å². The van der Waals surface area contributed by atoms with E-state index >= 15 is 0 Å². The van der Waals surface area contributed by atoms with Crippen LogP contribution in [0.2, 0.25) is 0 Å². The molecule has 0 radical (unpaired) electrons. The van der Waals surface area contributed by atoms with E-state index in [0.717, 1.165) is 48.8 Å². The molecule has 0 atom stereocenters. The van der Waals surface area contributed by atoms with E-state index in [1.165, 1.54) is 0 Å². The molecule has 140 valence electrons. The van der Waals surface area contributed by atoms with Gasteiger partial charge < -0.3 is 9.64 Å². The summed E-state index contributed by atoms with van der Waals surface area (Å²) in [7, 11) is -1.99. The predicted molar refractivity (Wildman–Crippen MR) is 100 cm³/mol. The van der Waals surface area contributed by atoms with Gasteiger partial charge in [0.1, 0.15) is 17.9 Å². The summed E-state index contributed by atoms with van der Waals surface area (Å²) < 4.78 is 29.8. The molecular weight excluding hydrogens is 354 g/mol. The molecule has 1 aromatic heterocycles. The first kappa shape index (κ1) is 18.6. The summed E-state index contributed by atoms with van der Waals surface area (Å²) in [6, 6.07) is 9.70. The van der Waals surface area contributed by atoms with Crippen LogP contribution < -0.4 is 19.5 Å². The van der Waals surface area contributed by atoms with Gasteiger partial charge in [-0.25, -0.2) is 19.8 Å². The first-order chi connectivity index (χ1) is 12.5. The van der Waals surface area contributed by atoms with Gasteiger partial charge in [0.05, 0.1) is 12.8 Å². The molecule has 3 N–H and O–H groups in total. The van der Waals surface area contributed by atoms with Crippen LogP contribution in [0.1, 0.15) is 12.8 Å². The zero-order chi connectivity index (χ0) is 18.6. The molecule has 1 aliphatic rings. The molecule has 26 heavy (non-hydrogen) atoms. The van der Waals surface area contributed by atoms with Gasteiger partial charge in [0, 0.05) is 31.3 Å². The van der Waals surface area contributed by atoms with Crippen LogP contribution in [0.15, 0.2) is 36.7 Å². The first-order valence-corrected chi connectivity index (χ1v) is 9.98. The van der Waals surface area contributed by atoms with Crippen molar-refractivity contribution in [3.05, 3.63) is 36.7 Å². The monoisotopic (exact) mass is 377 g/mol. The number of rotatable bonds is 6. The molecule has 2 heterocycles. The van der Waals surface area contributed by atoms with Gasteiger partial charge in [-0.1, -0.05) is 12.1 Å². The lowest BCUT2D eigenvalue weighted by molar-refractivity contribution is 0.400. The molecule has 1 aromatic carbocycles. The third kappa shape index (κ3) is 4.69. The Morgan fingerprint density at radius 2 is 2.00 bits per heavy atom. The second-order valence-corrected chi connectivity index (χ2v) is 7.66. The molecule has 8 nitrogen and oxygen atoms in total. The lowest BCUT2D eigenvalue weighted by atomic mass is 9.97. The van der Waals surface area contributed by atoms with Crippen LogP contribution in [0.25, 0.3) is 11.3 Å². The van der Waals surface area contributed by atoms with Gasteiger partial charge in [-0.3, -0.25) is 0 Å². The molecule has 1 fully saturated rings. The molecule has 1 saturated heterocycles. The molecule has 0 unspecified atom stereocenters. The van der Waals surface area contributed by atoms with Crippen molar-refractivity contribution in [2.45, 2.75) is 12.8 Å². The summed E-state index contributed by atoms with van der Waals surface area (Å²) in [6.07, 6.45) is 3.30. The number of anilines is 1. The Bertz CT molecular complexity index is 851. The summed E-state index contributed by atoms with van der Waals surface area (Å²) in [6.45, 7) is 1.99. The highest BCUT2D eigenvalue weighted by Gasteiger charge is 2.21. The lowest BCUT2D eigenvalue weighted by Crippen LogP contribution is -2.40. The third-order valence-electron chi connectivity index (χ3n) is 4.55. The van der Waals surface area contributed by atoms with Crippen LogP contribution in [-0.2, 0) is 10.2 Å². The Morgan fingerprint density at radius 1 is 1.27 bits per heavy atom. The summed E-state index contributed by atoms with van der Waals surface area (Å²) in [5.74, 6) is 1.91. The smallest absolute Gasteiger partial charge is 0.274 e. The highest BCUT2D eigenvalue weighted by molar-refractivity contribution is 7.87. The topological polar surface area (TPSA) is 110 Å². The molecule has 9 heteroatoms. The van der Waals surface area contributed by atoms with Crippen LogP contribution in [0.5, 0.6) is 5.75 Å². The lowest BCUT2D eigenvalue weighted by Gasteiger charge is -2.32. The molecule has 2 aromatic rings. The number of aromatic nitrogens is 2. The Hall–Kier alpha value is -2.23. The van der Waals surface area contributed by atoms with E-state index in [0.29, 0.717) is 6.54 Å². The van der Waals surface area contributed by atoms with Crippen molar-refractivity contribution in [3.63, 3.8) is 0 Å². The summed E-state index contributed by atoms with van der Waals surface area (Å²) in [5.41, 5.74) is 1.73. The Morgan fingerprint density at radius 3 is 2.69 bits per heavy atom. The normalized spacial score (nSPS) is 15.8. The number of para-hydroxylation sites is 1. The fourth-order valence-electron chi connectivity index (χ4n) is 3.12. The molecule has 1 aliphatic heterocycles. The molecule has 0 bridgehead atoms. The number of hydrogen-bond acceptors (Lipinski definition) is 6. The number of nitrogens with two attached hydrogens (primary N) is 1. The van der Waals surface area contributed by atoms with Crippen LogP contribution >= 0.6 is 0 Å². The van der Waals surface area contributed by atoms with E-state index in [-0.39, 0.29) is 5.92 Å². The van der Waals surface area contributed by atoms with E-state index in [9.17, 15) is 8.42 Å². The number of methoxy groups -OCH3 is 1. The third-order valence-corrected chi connectivity index (χ3v) is 5.12. The average Bonchev–Trinajstić information content (AvgIpc) is 2.66. The van der Waals surface area contributed by atoms with Gasteiger partial charge in [0.15, 0.2) is 0 Å². The van der Waals surface area contributed by atoms with Gasteiger partial charge in [-0.2, -0.15) is 8.42 Å². The van der Waals surface area contributed by atoms with Crippen molar-refractivity contribution in [2.75, 3.05) is 31.6 Å². The van der Waals surface area contributed by atoms with E-state index in [4.69, 9.17) is 9.88 Å². The maximum Gasteiger partial charge on any atom is 0.274 e. The largest absolute Gasteiger partial charge is 0.496 e. The minimum Gasteiger partial charge on any atom is -0.496 e. The molecule has 3 rings (SSSR count). The minimum atomic E-state index is -3.63. The highest BCUT2D eigenvalue weighted by Crippen LogP contribution is 2.30. The van der Waals surface area contributed by atoms with Gasteiger partial charge in [0.2, 0.25) is 0 Å². The minimum absolute atomic E-state index is 0.278.